The molecular weight excluding hydrogens is 400 g/mol. The van der Waals surface area contributed by atoms with Crippen LogP contribution in [0.15, 0.2) is 60.6 Å². The van der Waals surface area contributed by atoms with Gasteiger partial charge in [-0.05, 0) is 36.4 Å². The molecule has 0 aromatic heterocycles. The summed E-state index contributed by atoms with van der Waals surface area (Å²) in [6, 6.07) is 13.1. The number of halogens is 1. The first-order chi connectivity index (χ1) is 14.0. The van der Waals surface area contributed by atoms with Crippen LogP contribution >= 0.6 is 11.6 Å². The van der Waals surface area contributed by atoms with Crippen molar-refractivity contribution in [2.24, 2.45) is 0 Å². The van der Waals surface area contributed by atoms with E-state index >= 15 is 0 Å². The molecule has 0 fully saturated rings. The zero-order valence-electron chi connectivity index (χ0n) is 15.1. The van der Waals surface area contributed by atoms with E-state index in [2.05, 4.69) is 10.6 Å². The first-order valence-electron chi connectivity index (χ1n) is 8.60. The van der Waals surface area contributed by atoms with Crippen LogP contribution in [0.25, 0.3) is 0 Å². The van der Waals surface area contributed by atoms with Crippen molar-refractivity contribution in [3.05, 3.63) is 71.1 Å². The molecule has 0 spiro atoms. The molecule has 0 atom stereocenters. The summed E-state index contributed by atoms with van der Waals surface area (Å²) < 4.78 is 14.9. The van der Waals surface area contributed by atoms with Crippen LogP contribution in [-0.2, 0) is 23.8 Å². The molecule has 0 unspecified atom stereocenters. The summed E-state index contributed by atoms with van der Waals surface area (Å²) >= 11 is 5.83. The Morgan fingerprint density at radius 3 is 2.48 bits per heavy atom. The van der Waals surface area contributed by atoms with Crippen molar-refractivity contribution in [2.75, 3.05) is 30.5 Å². The average Bonchev–Trinajstić information content (AvgIpc) is 2.74. The largest absolute Gasteiger partial charge is 0.493 e. The second kappa shape index (κ2) is 9.61. The number of nitrogens with one attached hydrogen (secondary N) is 2. The number of carbonyl (C=O) groups excluding carboxylic acids is 3. The minimum atomic E-state index is -0.811. The highest BCUT2D eigenvalue weighted by atomic mass is 35.5. The summed E-state index contributed by atoms with van der Waals surface area (Å²) in [7, 11) is 0. The Hall–Kier alpha value is -3.52. The summed E-state index contributed by atoms with van der Waals surface area (Å²) in [5.41, 5.74) is 1.07. The third-order valence-electron chi connectivity index (χ3n) is 3.73. The smallest absolute Gasteiger partial charge is 0.377 e. The highest BCUT2D eigenvalue weighted by Gasteiger charge is 2.19. The standard InChI is InChI=1S/C20H17ClN2O6/c21-13-5-7-14(8-6-13)22-19(25)15-3-1-2-4-16(15)23-18(24)12-29-20(26)17-11-27-9-10-28-17/h1-8,11H,9-10,12H2,(H,22,25)(H,23,24). The molecule has 3 rings (SSSR count). The van der Waals surface area contributed by atoms with Crippen LogP contribution in [0.5, 0.6) is 0 Å². The molecule has 0 radical (unpaired) electrons. The van der Waals surface area contributed by atoms with E-state index in [0.717, 1.165) is 6.26 Å². The van der Waals surface area contributed by atoms with E-state index < -0.39 is 24.4 Å². The van der Waals surface area contributed by atoms with Crippen molar-refractivity contribution < 1.29 is 28.6 Å². The van der Waals surface area contributed by atoms with Crippen LogP contribution in [0.4, 0.5) is 11.4 Å². The number of rotatable bonds is 6. The second-order valence-corrected chi connectivity index (χ2v) is 6.27. The van der Waals surface area contributed by atoms with Crippen molar-refractivity contribution in [1.82, 2.24) is 0 Å². The number of carbonyl (C=O) groups is 3. The fraction of sp³-hybridized carbons (Fsp3) is 0.150. The molecule has 2 aromatic rings. The van der Waals surface area contributed by atoms with Gasteiger partial charge in [-0.3, -0.25) is 9.59 Å². The van der Waals surface area contributed by atoms with Gasteiger partial charge in [0.1, 0.15) is 19.5 Å². The summed E-state index contributed by atoms with van der Waals surface area (Å²) in [5, 5.41) is 5.82. The first kappa shape index (κ1) is 20.2. The van der Waals surface area contributed by atoms with Crippen LogP contribution in [0.2, 0.25) is 5.02 Å². The van der Waals surface area contributed by atoms with E-state index in [9.17, 15) is 14.4 Å². The van der Waals surface area contributed by atoms with Gasteiger partial charge in [0.2, 0.25) is 5.76 Å². The SMILES string of the molecule is O=C(COC(=O)C1=COCCO1)Nc1ccccc1C(=O)Nc1ccc(Cl)cc1. The summed E-state index contributed by atoms with van der Waals surface area (Å²) in [6.07, 6.45) is 1.14. The average molecular weight is 417 g/mol. The summed E-state index contributed by atoms with van der Waals surface area (Å²) in [6.45, 7) is 0.0159. The van der Waals surface area contributed by atoms with Crippen LogP contribution in [0.3, 0.4) is 0 Å². The van der Waals surface area contributed by atoms with Gasteiger partial charge in [-0.1, -0.05) is 23.7 Å². The molecule has 0 aliphatic carbocycles. The van der Waals surface area contributed by atoms with Crippen molar-refractivity contribution >= 4 is 40.8 Å². The van der Waals surface area contributed by atoms with Gasteiger partial charge in [-0.2, -0.15) is 0 Å². The third-order valence-corrected chi connectivity index (χ3v) is 3.98. The summed E-state index contributed by atoms with van der Waals surface area (Å²) in [4.78, 5) is 36.5. The van der Waals surface area contributed by atoms with E-state index in [-0.39, 0.29) is 23.6 Å². The minimum absolute atomic E-state index is 0.105. The number of amides is 2. The molecule has 2 amide bonds. The molecule has 2 aromatic carbocycles. The Labute approximate surface area is 171 Å². The molecule has 1 aliphatic heterocycles. The number of ether oxygens (including phenoxy) is 3. The Kier molecular flexibility index (Phi) is 6.70. The van der Waals surface area contributed by atoms with E-state index in [1.54, 1.807) is 48.5 Å². The lowest BCUT2D eigenvalue weighted by molar-refractivity contribution is -0.148. The lowest BCUT2D eigenvalue weighted by Gasteiger charge is -2.15. The fourth-order valence-corrected chi connectivity index (χ4v) is 2.51. The molecule has 9 heteroatoms. The lowest BCUT2D eigenvalue weighted by Crippen LogP contribution is -2.25. The summed E-state index contributed by atoms with van der Waals surface area (Å²) in [5.74, 6) is -1.94. The number of hydrogen-bond donors (Lipinski definition) is 2. The van der Waals surface area contributed by atoms with Gasteiger partial charge in [0.05, 0.1) is 11.3 Å². The predicted molar refractivity (Wildman–Crippen MR) is 105 cm³/mol. The molecule has 1 aliphatic rings. The highest BCUT2D eigenvalue weighted by Crippen LogP contribution is 2.19. The van der Waals surface area contributed by atoms with Crippen LogP contribution < -0.4 is 10.6 Å². The monoisotopic (exact) mass is 416 g/mol. The molecule has 29 heavy (non-hydrogen) atoms. The maximum atomic E-state index is 12.6. The number of anilines is 2. The topological polar surface area (TPSA) is 103 Å². The Morgan fingerprint density at radius 1 is 1.00 bits per heavy atom. The Balaban J connectivity index is 1.60. The lowest BCUT2D eigenvalue weighted by atomic mass is 10.1. The van der Waals surface area contributed by atoms with Gasteiger partial charge in [-0.15, -0.1) is 0 Å². The van der Waals surface area contributed by atoms with Crippen molar-refractivity contribution in [3.8, 4) is 0 Å². The Bertz CT molecular complexity index is 942. The quantitative estimate of drug-likeness (QED) is 0.702. The van der Waals surface area contributed by atoms with Gasteiger partial charge in [0.25, 0.3) is 11.8 Å². The number of hydrogen-bond acceptors (Lipinski definition) is 6. The fourth-order valence-electron chi connectivity index (χ4n) is 2.39. The molecule has 2 N–H and O–H groups in total. The highest BCUT2D eigenvalue weighted by molar-refractivity contribution is 6.30. The van der Waals surface area contributed by atoms with Crippen LogP contribution in [-0.4, -0.2) is 37.6 Å². The molecule has 0 saturated carbocycles. The maximum absolute atomic E-state index is 12.6. The van der Waals surface area contributed by atoms with Gasteiger partial charge in [0, 0.05) is 10.7 Å². The van der Waals surface area contributed by atoms with E-state index in [0.29, 0.717) is 17.3 Å². The molecule has 0 saturated heterocycles. The number of esters is 1. The van der Waals surface area contributed by atoms with Crippen molar-refractivity contribution in [2.45, 2.75) is 0 Å². The van der Waals surface area contributed by atoms with E-state index in [4.69, 9.17) is 25.8 Å². The maximum Gasteiger partial charge on any atom is 0.377 e. The molecule has 8 nitrogen and oxygen atoms in total. The van der Waals surface area contributed by atoms with Gasteiger partial charge < -0.3 is 24.8 Å². The van der Waals surface area contributed by atoms with Crippen molar-refractivity contribution in [1.29, 1.82) is 0 Å². The van der Waals surface area contributed by atoms with Crippen LogP contribution in [0.1, 0.15) is 10.4 Å². The second-order valence-electron chi connectivity index (χ2n) is 5.83. The minimum Gasteiger partial charge on any atom is -0.493 e. The third kappa shape index (κ3) is 5.73. The predicted octanol–water partition coefficient (Wildman–Crippen LogP) is 2.96. The Morgan fingerprint density at radius 2 is 1.76 bits per heavy atom. The van der Waals surface area contributed by atoms with Gasteiger partial charge in [0.15, 0.2) is 6.61 Å². The molecule has 1 heterocycles. The van der Waals surface area contributed by atoms with E-state index in [1.165, 1.54) is 0 Å². The molecular formula is C20H17ClN2O6. The zero-order chi connectivity index (χ0) is 20.6. The van der Waals surface area contributed by atoms with E-state index in [1.807, 2.05) is 0 Å². The van der Waals surface area contributed by atoms with Gasteiger partial charge in [-0.25, -0.2) is 4.79 Å². The zero-order valence-corrected chi connectivity index (χ0v) is 15.9. The number of benzene rings is 2. The van der Waals surface area contributed by atoms with Gasteiger partial charge >= 0.3 is 5.97 Å². The molecule has 0 bridgehead atoms. The first-order valence-corrected chi connectivity index (χ1v) is 8.98. The normalized spacial score (nSPS) is 12.7. The van der Waals surface area contributed by atoms with Crippen molar-refractivity contribution in [3.63, 3.8) is 0 Å². The van der Waals surface area contributed by atoms with Crippen LogP contribution in [0, 0.1) is 0 Å². The number of para-hydroxylation sites is 1. The molecule has 150 valence electrons.